The van der Waals surface area contributed by atoms with E-state index in [1.165, 1.54) is 22.3 Å². The second kappa shape index (κ2) is 4.96. The van der Waals surface area contributed by atoms with Crippen molar-refractivity contribution in [1.82, 2.24) is 4.98 Å². The van der Waals surface area contributed by atoms with Gasteiger partial charge >= 0.3 is 0 Å². The number of hydrogen-bond donors (Lipinski definition) is 0. The van der Waals surface area contributed by atoms with E-state index in [0.717, 1.165) is 5.69 Å². The molecule has 86 valence electrons. The van der Waals surface area contributed by atoms with Gasteiger partial charge in [-0.1, -0.05) is 42.0 Å². The third-order valence-corrected chi connectivity index (χ3v) is 2.83. The molecule has 0 saturated heterocycles. The van der Waals surface area contributed by atoms with Crippen LogP contribution in [0.25, 0.3) is 11.6 Å². The highest BCUT2D eigenvalue weighted by atomic mass is 14.7. The zero-order valence-electron chi connectivity index (χ0n) is 10.6. The lowest BCUT2D eigenvalue weighted by atomic mass is 10.1. The third-order valence-electron chi connectivity index (χ3n) is 2.83. The number of aryl methyl sites for hydroxylation is 2. The molecule has 0 N–H and O–H groups in total. The Morgan fingerprint density at radius 2 is 1.71 bits per heavy atom. The molecule has 2 rings (SSSR count). The highest BCUT2D eigenvalue weighted by molar-refractivity contribution is 5.79. The molecule has 1 heteroatoms. The molecule has 17 heavy (non-hydrogen) atoms. The normalized spacial score (nSPS) is 11.6. The molecule has 1 nitrogen and oxygen atoms in total. The van der Waals surface area contributed by atoms with Gasteiger partial charge in [0.15, 0.2) is 0 Å². The van der Waals surface area contributed by atoms with Crippen LogP contribution in [0.15, 0.2) is 42.6 Å². The van der Waals surface area contributed by atoms with Crippen LogP contribution >= 0.6 is 0 Å². The fraction of sp³-hybridized carbons (Fsp3) is 0.188. The molecule has 1 aromatic carbocycles. The van der Waals surface area contributed by atoms with Crippen molar-refractivity contribution in [2.75, 3.05) is 0 Å². The number of hydrogen-bond acceptors (Lipinski definition) is 1. The van der Waals surface area contributed by atoms with E-state index >= 15 is 0 Å². The van der Waals surface area contributed by atoms with E-state index < -0.39 is 0 Å². The van der Waals surface area contributed by atoms with Gasteiger partial charge in [0.25, 0.3) is 0 Å². The Hall–Kier alpha value is -1.89. The maximum absolute atomic E-state index is 4.32. The highest BCUT2D eigenvalue weighted by Crippen LogP contribution is 2.17. The molecule has 0 spiro atoms. The van der Waals surface area contributed by atoms with Gasteiger partial charge < -0.3 is 0 Å². The van der Waals surface area contributed by atoms with Gasteiger partial charge in [-0.3, -0.25) is 4.98 Å². The molecule has 0 fully saturated rings. The zero-order valence-corrected chi connectivity index (χ0v) is 10.6. The molecule has 1 heterocycles. The molecule has 0 atom stereocenters. The van der Waals surface area contributed by atoms with Gasteiger partial charge in [-0.15, -0.1) is 0 Å². The van der Waals surface area contributed by atoms with Crippen molar-refractivity contribution in [3.8, 4) is 0 Å². The molecule has 0 amide bonds. The van der Waals surface area contributed by atoms with Gasteiger partial charge in [0, 0.05) is 11.9 Å². The minimum absolute atomic E-state index is 1.05. The molecule has 1 aromatic heterocycles. The van der Waals surface area contributed by atoms with E-state index in [4.69, 9.17) is 0 Å². The number of nitrogens with zero attached hydrogens (tertiary/aromatic N) is 1. The average molecular weight is 223 g/mol. The van der Waals surface area contributed by atoms with Gasteiger partial charge in [-0.2, -0.15) is 0 Å². The van der Waals surface area contributed by atoms with Gasteiger partial charge in [0.2, 0.25) is 0 Å². The number of aromatic nitrogens is 1. The summed E-state index contributed by atoms with van der Waals surface area (Å²) in [6, 6.07) is 12.7. The molecule has 0 radical (unpaired) electrons. The van der Waals surface area contributed by atoms with Gasteiger partial charge in [0.05, 0.1) is 0 Å². The van der Waals surface area contributed by atoms with E-state index in [2.05, 4.69) is 55.2 Å². The quantitative estimate of drug-likeness (QED) is 0.741. The van der Waals surface area contributed by atoms with Crippen LogP contribution in [-0.4, -0.2) is 4.98 Å². The Labute approximate surface area is 103 Å². The van der Waals surface area contributed by atoms with Crippen LogP contribution < -0.4 is 0 Å². The van der Waals surface area contributed by atoms with Crippen molar-refractivity contribution in [3.05, 3.63) is 65.0 Å². The molecule has 0 unspecified atom stereocenters. The first-order chi connectivity index (χ1) is 8.15. The molecule has 0 aliphatic heterocycles. The second-order valence-electron chi connectivity index (χ2n) is 4.43. The van der Waals surface area contributed by atoms with E-state index in [1.54, 1.807) is 0 Å². The fourth-order valence-corrected chi connectivity index (χ4v) is 1.70. The molecule has 0 bridgehead atoms. The Bertz CT molecular complexity index is 518. The van der Waals surface area contributed by atoms with Crippen LogP contribution in [0.5, 0.6) is 0 Å². The van der Waals surface area contributed by atoms with Gasteiger partial charge in [-0.25, -0.2) is 0 Å². The van der Waals surface area contributed by atoms with E-state index in [9.17, 15) is 0 Å². The monoisotopic (exact) mass is 223 g/mol. The molecule has 0 aliphatic carbocycles. The maximum atomic E-state index is 4.32. The Balaban J connectivity index is 2.27. The summed E-state index contributed by atoms with van der Waals surface area (Å²) in [6.07, 6.45) is 4.11. The lowest BCUT2D eigenvalue weighted by molar-refractivity contribution is 1.19. The van der Waals surface area contributed by atoms with Crippen molar-refractivity contribution in [1.29, 1.82) is 0 Å². The average Bonchev–Trinajstić information content (AvgIpc) is 2.33. The van der Waals surface area contributed by atoms with Crippen molar-refractivity contribution in [3.63, 3.8) is 0 Å². The number of pyridine rings is 1. The lowest BCUT2D eigenvalue weighted by Crippen LogP contribution is -1.85. The van der Waals surface area contributed by atoms with E-state index in [-0.39, 0.29) is 0 Å². The number of rotatable bonds is 2. The molecule has 0 saturated carbocycles. The summed E-state index contributed by atoms with van der Waals surface area (Å²) in [5.74, 6) is 0. The Morgan fingerprint density at radius 3 is 2.29 bits per heavy atom. The topological polar surface area (TPSA) is 12.9 Å². The van der Waals surface area contributed by atoms with E-state index in [0.29, 0.717) is 0 Å². The van der Waals surface area contributed by atoms with Crippen LogP contribution in [0.1, 0.15) is 29.3 Å². The maximum Gasteiger partial charge on any atom is 0.0373 e. The second-order valence-corrected chi connectivity index (χ2v) is 4.43. The minimum Gasteiger partial charge on any atom is -0.261 e. The summed E-state index contributed by atoms with van der Waals surface area (Å²) in [5.41, 5.74) is 5.99. The largest absolute Gasteiger partial charge is 0.261 e. The first-order valence-corrected chi connectivity index (χ1v) is 5.83. The van der Waals surface area contributed by atoms with Crippen LogP contribution in [0, 0.1) is 13.8 Å². The predicted molar refractivity (Wildman–Crippen MR) is 73.7 cm³/mol. The first kappa shape index (κ1) is 11.6. The molecular weight excluding hydrogens is 206 g/mol. The van der Waals surface area contributed by atoms with Crippen molar-refractivity contribution in [2.24, 2.45) is 0 Å². The smallest absolute Gasteiger partial charge is 0.0373 e. The van der Waals surface area contributed by atoms with E-state index in [1.807, 2.05) is 19.2 Å². The number of benzene rings is 1. The van der Waals surface area contributed by atoms with Gasteiger partial charge in [0.1, 0.15) is 0 Å². The number of allylic oxidation sites excluding steroid dienone is 1. The summed E-state index contributed by atoms with van der Waals surface area (Å²) >= 11 is 0. The van der Waals surface area contributed by atoms with Crippen LogP contribution in [-0.2, 0) is 0 Å². The molecular formula is C16H17N. The highest BCUT2D eigenvalue weighted by Gasteiger charge is 1.96. The first-order valence-electron chi connectivity index (χ1n) is 5.83. The summed E-state index contributed by atoms with van der Waals surface area (Å²) < 4.78 is 0. The SMILES string of the molecule is C/C(=C/c1ccc(C)cc1)c1ccc(C)nc1. The summed E-state index contributed by atoms with van der Waals surface area (Å²) in [6.45, 7) is 6.22. The molecule has 2 aromatic rings. The van der Waals surface area contributed by atoms with Gasteiger partial charge in [-0.05, 0) is 43.5 Å². The van der Waals surface area contributed by atoms with Crippen LogP contribution in [0.3, 0.4) is 0 Å². The lowest BCUT2D eigenvalue weighted by Gasteiger charge is -2.02. The van der Waals surface area contributed by atoms with Crippen LogP contribution in [0.4, 0.5) is 0 Å². The Kier molecular flexibility index (Phi) is 3.38. The standard InChI is InChI=1S/C16H17N/c1-12-4-7-15(8-5-12)10-13(2)16-9-6-14(3)17-11-16/h4-11H,1-3H3/b13-10-. The summed E-state index contributed by atoms with van der Waals surface area (Å²) in [7, 11) is 0. The fourth-order valence-electron chi connectivity index (χ4n) is 1.70. The zero-order chi connectivity index (χ0) is 12.3. The Morgan fingerprint density at radius 1 is 1.00 bits per heavy atom. The minimum atomic E-state index is 1.05. The summed E-state index contributed by atoms with van der Waals surface area (Å²) in [4.78, 5) is 4.32. The summed E-state index contributed by atoms with van der Waals surface area (Å²) in [5, 5.41) is 0. The van der Waals surface area contributed by atoms with Crippen molar-refractivity contribution in [2.45, 2.75) is 20.8 Å². The third kappa shape index (κ3) is 3.04. The van der Waals surface area contributed by atoms with Crippen molar-refractivity contribution < 1.29 is 0 Å². The molecule has 0 aliphatic rings. The van der Waals surface area contributed by atoms with Crippen LogP contribution in [0.2, 0.25) is 0 Å². The predicted octanol–water partition coefficient (Wildman–Crippen LogP) is 4.26. The van der Waals surface area contributed by atoms with Crippen molar-refractivity contribution >= 4 is 11.6 Å².